The molecule has 0 aromatic heterocycles. The van der Waals surface area contributed by atoms with E-state index < -0.39 is 0 Å². The summed E-state index contributed by atoms with van der Waals surface area (Å²) in [5, 5.41) is 3.45. The van der Waals surface area contributed by atoms with E-state index in [0.29, 0.717) is 0 Å². The van der Waals surface area contributed by atoms with Crippen molar-refractivity contribution in [1.82, 2.24) is 5.32 Å². The molecule has 10 heavy (non-hydrogen) atoms. The van der Waals surface area contributed by atoms with E-state index in [4.69, 9.17) is 0 Å². The van der Waals surface area contributed by atoms with Gasteiger partial charge in [-0.2, -0.15) is 0 Å². The molecule has 2 atom stereocenters. The summed E-state index contributed by atoms with van der Waals surface area (Å²) in [6.45, 7) is 3.59. The van der Waals surface area contributed by atoms with Gasteiger partial charge >= 0.3 is 0 Å². The van der Waals surface area contributed by atoms with Crippen LogP contribution in [0.1, 0.15) is 26.2 Å². The van der Waals surface area contributed by atoms with Crippen molar-refractivity contribution in [2.24, 2.45) is 11.8 Å². The van der Waals surface area contributed by atoms with Crippen LogP contribution in [0.5, 0.6) is 0 Å². The molecule has 1 heterocycles. The Labute approximate surface area is 62.5 Å². The maximum absolute atomic E-state index is 3.45. The Morgan fingerprint density at radius 3 is 3.20 bits per heavy atom. The maximum atomic E-state index is 3.45. The molecule has 0 radical (unpaired) electrons. The number of nitrogens with one attached hydrogen (secondary N) is 1. The highest BCUT2D eigenvalue weighted by molar-refractivity contribution is 5.13. The van der Waals surface area contributed by atoms with Gasteiger partial charge in [0, 0.05) is 18.2 Å². The van der Waals surface area contributed by atoms with Crippen LogP contribution in [0.2, 0.25) is 0 Å². The van der Waals surface area contributed by atoms with Crippen LogP contribution in [0.25, 0.3) is 0 Å². The predicted octanol–water partition coefficient (Wildman–Crippen LogP) is 1.91. The minimum Gasteiger partial charge on any atom is -0.388 e. The molecule has 2 unspecified atom stereocenters. The summed E-state index contributed by atoms with van der Waals surface area (Å²) in [6.07, 6.45) is 6.44. The Morgan fingerprint density at radius 2 is 2.40 bits per heavy atom. The van der Waals surface area contributed by atoms with Crippen LogP contribution in [0, 0.1) is 11.8 Å². The van der Waals surface area contributed by atoms with Gasteiger partial charge in [-0.15, -0.1) is 0 Å². The average molecular weight is 137 g/mol. The summed E-state index contributed by atoms with van der Waals surface area (Å²) in [7, 11) is 0. The SMILES string of the molecule is CC1CCC=C2NCCC21. The molecular weight excluding hydrogens is 122 g/mol. The van der Waals surface area contributed by atoms with E-state index in [9.17, 15) is 0 Å². The molecule has 0 aromatic rings. The molecule has 0 saturated carbocycles. The van der Waals surface area contributed by atoms with Gasteiger partial charge in [0.25, 0.3) is 0 Å². The summed E-state index contributed by atoms with van der Waals surface area (Å²) >= 11 is 0. The molecule has 1 N–H and O–H groups in total. The van der Waals surface area contributed by atoms with E-state index in [1.807, 2.05) is 0 Å². The van der Waals surface area contributed by atoms with Crippen molar-refractivity contribution in [1.29, 1.82) is 0 Å². The molecule has 1 saturated heterocycles. The molecule has 56 valence electrons. The third kappa shape index (κ3) is 0.845. The molecule has 1 aliphatic heterocycles. The lowest BCUT2D eigenvalue weighted by Crippen LogP contribution is -2.17. The zero-order chi connectivity index (χ0) is 6.97. The van der Waals surface area contributed by atoms with Crippen LogP contribution in [0.15, 0.2) is 11.8 Å². The smallest absolute Gasteiger partial charge is 0.0150 e. The van der Waals surface area contributed by atoms with Gasteiger partial charge in [-0.05, 0) is 25.2 Å². The van der Waals surface area contributed by atoms with Crippen molar-refractivity contribution in [3.63, 3.8) is 0 Å². The first kappa shape index (κ1) is 6.26. The van der Waals surface area contributed by atoms with Gasteiger partial charge in [0.2, 0.25) is 0 Å². The van der Waals surface area contributed by atoms with Crippen molar-refractivity contribution < 1.29 is 0 Å². The van der Waals surface area contributed by atoms with Gasteiger partial charge in [0.15, 0.2) is 0 Å². The normalized spacial score (nSPS) is 38.3. The van der Waals surface area contributed by atoms with Gasteiger partial charge in [-0.3, -0.25) is 0 Å². The molecule has 0 aromatic carbocycles. The van der Waals surface area contributed by atoms with Crippen LogP contribution in [-0.4, -0.2) is 6.54 Å². The first-order valence-corrected chi connectivity index (χ1v) is 4.32. The number of allylic oxidation sites excluding steroid dienone is 2. The number of fused-ring (bicyclic) bond motifs is 1. The van der Waals surface area contributed by atoms with Gasteiger partial charge in [-0.25, -0.2) is 0 Å². The van der Waals surface area contributed by atoms with E-state index in [1.165, 1.54) is 25.8 Å². The molecule has 1 heteroatoms. The summed E-state index contributed by atoms with van der Waals surface area (Å²) in [6, 6.07) is 0. The first-order valence-electron chi connectivity index (χ1n) is 4.32. The molecule has 0 spiro atoms. The Balaban J connectivity index is 2.18. The maximum Gasteiger partial charge on any atom is 0.0150 e. The quantitative estimate of drug-likeness (QED) is 0.537. The number of hydrogen-bond donors (Lipinski definition) is 1. The highest BCUT2D eigenvalue weighted by atomic mass is 14.9. The molecule has 0 bridgehead atoms. The van der Waals surface area contributed by atoms with Crippen LogP contribution in [0.3, 0.4) is 0 Å². The topological polar surface area (TPSA) is 12.0 Å². The van der Waals surface area contributed by atoms with Crippen molar-refractivity contribution in [2.75, 3.05) is 6.54 Å². The fourth-order valence-corrected chi connectivity index (χ4v) is 2.18. The highest BCUT2D eigenvalue weighted by Gasteiger charge is 2.27. The number of rotatable bonds is 0. The van der Waals surface area contributed by atoms with Crippen LogP contribution in [0.4, 0.5) is 0 Å². The predicted molar refractivity (Wildman–Crippen MR) is 42.6 cm³/mol. The Bertz CT molecular complexity index is 160. The van der Waals surface area contributed by atoms with Crippen molar-refractivity contribution in [3.05, 3.63) is 11.8 Å². The summed E-state index contributed by atoms with van der Waals surface area (Å²) in [4.78, 5) is 0. The molecular formula is C9H15N. The molecule has 1 fully saturated rings. The second kappa shape index (κ2) is 2.30. The van der Waals surface area contributed by atoms with Crippen molar-refractivity contribution in [2.45, 2.75) is 26.2 Å². The van der Waals surface area contributed by atoms with Gasteiger partial charge < -0.3 is 5.32 Å². The molecule has 0 amide bonds. The second-order valence-corrected chi connectivity index (χ2v) is 3.54. The molecule has 2 rings (SSSR count). The van der Waals surface area contributed by atoms with Crippen LogP contribution < -0.4 is 5.32 Å². The van der Waals surface area contributed by atoms with Crippen molar-refractivity contribution in [3.8, 4) is 0 Å². The van der Waals surface area contributed by atoms with Gasteiger partial charge in [-0.1, -0.05) is 13.0 Å². The van der Waals surface area contributed by atoms with E-state index in [0.717, 1.165) is 11.8 Å². The molecule has 1 nitrogen and oxygen atoms in total. The summed E-state index contributed by atoms with van der Waals surface area (Å²) < 4.78 is 0. The molecule has 2 aliphatic rings. The summed E-state index contributed by atoms with van der Waals surface area (Å²) in [5.41, 5.74) is 1.54. The standard InChI is InChI=1S/C9H15N/c1-7-3-2-4-9-8(7)5-6-10-9/h4,7-8,10H,2-3,5-6H2,1H3. The lowest BCUT2D eigenvalue weighted by molar-refractivity contribution is 0.378. The lowest BCUT2D eigenvalue weighted by atomic mass is 9.83. The minimum absolute atomic E-state index is 0.883. The third-order valence-electron chi connectivity index (χ3n) is 2.86. The minimum atomic E-state index is 0.883. The molecule has 1 aliphatic carbocycles. The average Bonchev–Trinajstić information content (AvgIpc) is 2.36. The zero-order valence-electron chi connectivity index (χ0n) is 6.56. The fourth-order valence-electron chi connectivity index (χ4n) is 2.18. The van der Waals surface area contributed by atoms with Crippen molar-refractivity contribution >= 4 is 0 Å². The van der Waals surface area contributed by atoms with E-state index in [2.05, 4.69) is 18.3 Å². The number of hydrogen-bond acceptors (Lipinski definition) is 1. The monoisotopic (exact) mass is 137 g/mol. The van der Waals surface area contributed by atoms with Crippen LogP contribution >= 0.6 is 0 Å². The van der Waals surface area contributed by atoms with Crippen LogP contribution in [-0.2, 0) is 0 Å². The van der Waals surface area contributed by atoms with Gasteiger partial charge in [0.05, 0.1) is 0 Å². The fraction of sp³-hybridized carbons (Fsp3) is 0.778. The van der Waals surface area contributed by atoms with E-state index in [-0.39, 0.29) is 0 Å². The Morgan fingerprint density at radius 1 is 1.50 bits per heavy atom. The largest absolute Gasteiger partial charge is 0.388 e. The summed E-state index contributed by atoms with van der Waals surface area (Å²) in [5.74, 6) is 1.81. The second-order valence-electron chi connectivity index (χ2n) is 3.54. The third-order valence-corrected chi connectivity index (χ3v) is 2.86. The first-order chi connectivity index (χ1) is 4.88. The highest BCUT2D eigenvalue weighted by Crippen LogP contribution is 2.34. The van der Waals surface area contributed by atoms with Gasteiger partial charge in [0.1, 0.15) is 0 Å². The lowest BCUT2D eigenvalue weighted by Gasteiger charge is -2.23. The Kier molecular flexibility index (Phi) is 1.44. The van der Waals surface area contributed by atoms with E-state index >= 15 is 0 Å². The zero-order valence-corrected chi connectivity index (χ0v) is 6.56. The Hall–Kier alpha value is -0.460. The van der Waals surface area contributed by atoms with E-state index in [1.54, 1.807) is 5.70 Å².